The molecular formula is C13H9FN4O. The first-order valence-electron chi connectivity index (χ1n) is 5.59. The van der Waals surface area contributed by atoms with Crippen LogP contribution >= 0.6 is 0 Å². The smallest absolute Gasteiger partial charge is 0.265 e. The highest BCUT2D eigenvalue weighted by Gasteiger charge is 2.12. The number of rotatable bonds is 2. The maximum atomic E-state index is 12.9. The Morgan fingerprint density at radius 3 is 2.42 bits per heavy atom. The number of H-pyrrole nitrogens is 1. The average molecular weight is 256 g/mol. The fraction of sp³-hybridized carbons (Fsp3) is 0. The van der Waals surface area contributed by atoms with Gasteiger partial charge in [0.15, 0.2) is 5.82 Å². The monoisotopic (exact) mass is 256 g/mol. The maximum Gasteiger partial charge on any atom is 0.348 e. The molecule has 1 N–H and O–H groups in total. The van der Waals surface area contributed by atoms with Gasteiger partial charge in [-0.15, -0.1) is 0 Å². The number of nitrogens with zero attached hydrogens (tertiary/aromatic N) is 3. The van der Waals surface area contributed by atoms with Crippen LogP contribution in [0.5, 0.6) is 0 Å². The summed E-state index contributed by atoms with van der Waals surface area (Å²) in [7, 11) is 0. The molecule has 3 aromatic rings. The van der Waals surface area contributed by atoms with Crippen LogP contribution in [0.15, 0.2) is 53.6 Å². The highest BCUT2D eigenvalue weighted by atomic mass is 19.1. The predicted molar refractivity (Wildman–Crippen MR) is 67.4 cm³/mol. The van der Waals surface area contributed by atoms with Gasteiger partial charge in [0.25, 0.3) is 0 Å². The molecule has 0 aliphatic heterocycles. The molecule has 2 aromatic heterocycles. The molecule has 1 aromatic carbocycles. The summed E-state index contributed by atoms with van der Waals surface area (Å²) in [5.41, 5.74) is 0.940. The van der Waals surface area contributed by atoms with Crippen molar-refractivity contribution in [3.05, 3.63) is 65.1 Å². The Morgan fingerprint density at radius 1 is 1.05 bits per heavy atom. The van der Waals surface area contributed by atoms with Gasteiger partial charge in [0, 0.05) is 18.0 Å². The molecule has 0 amide bonds. The van der Waals surface area contributed by atoms with E-state index in [-0.39, 0.29) is 11.5 Å². The molecule has 3 rings (SSSR count). The van der Waals surface area contributed by atoms with E-state index >= 15 is 0 Å². The lowest BCUT2D eigenvalue weighted by molar-refractivity contribution is 0.628. The van der Waals surface area contributed by atoms with Gasteiger partial charge in [-0.25, -0.2) is 18.9 Å². The topological polar surface area (TPSA) is 63.6 Å². The van der Waals surface area contributed by atoms with Gasteiger partial charge in [-0.2, -0.15) is 5.10 Å². The predicted octanol–water partition coefficient (Wildman–Crippen LogP) is 1.76. The zero-order valence-corrected chi connectivity index (χ0v) is 9.75. The Balaban J connectivity index is 2.19. The van der Waals surface area contributed by atoms with E-state index in [0.717, 1.165) is 0 Å². The summed E-state index contributed by atoms with van der Waals surface area (Å²) in [6.45, 7) is 0. The van der Waals surface area contributed by atoms with Crippen LogP contribution in [0, 0.1) is 5.82 Å². The lowest BCUT2D eigenvalue weighted by atomic mass is 10.2. The highest BCUT2D eigenvalue weighted by molar-refractivity contribution is 5.57. The molecule has 6 heteroatoms. The van der Waals surface area contributed by atoms with E-state index in [0.29, 0.717) is 17.1 Å². The van der Waals surface area contributed by atoms with Crippen molar-refractivity contribution in [2.75, 3.05) is 0 Å². The number of pyridine rings is 1. The van der Waals surface area contributed by atoms with Crippen molar-refractivity contribution in [3.63, 3.8) is 0 Å². The van der Waals surface area contributed by atoms with Gasteiger partial charge in [-0.3, -0.25) is 4.98 Å². The minimum absolute atomic E-state index is 0.336. The minimum Gasteiger partial charge on any atom is -0.265 e. The molecule has 0 atom stereocenters. The minimum atomic E-state index is -0.356. The Bertz CT molecular complexity index is 746. The second kappa shape index (κ2) is 4.49. The largest absolute Gasteiger partial charge is 0.348 e. The second-order valence-corrected chi connectivity index (χ2v) is 3.90. The van der Waals surface area contributed by atoms with Crippen LogP contribution in [0.2, 0.25) is 0 Å². The molecule has 94 valence electrons. The number of aromatic nitrogens is 4. The fourth-order valence-electron chi connectivity index (χ4n) is 1.82. The molecule has 2 heterocycles. The van der Waals surface area contributed by atoms with Crippen LogP contribution in [0.1, 0.15) is 0 Å². The number of benzene rings is 1. The van der Waals surface area contributed by atoms with Crippen LogP contribution in [-0.4, -0.2) is 19.7 Å². The molecule has 0 aliphatic carbocycles. The molecule has 0 saturated carbocycles. The van der Waals surface area contributed by atoms with Gasteiger partial charge < -0.3 is 0 Å². The van der Waals surface area contributed by atoms with Crippen molar-refractivity contribution in [2.45, 2.75) is 0 Å². The van der Waals surface area contributed by atoms with Gasteiger partial charge >= 0.3 is 5.69 Å². The molecule has 0 spiro atoms. The number of hydrogen-bond acceptors (Lipinski definition) is 3. The third-order valence-corrected chi connectivity index (χ3v) is 2.70. The lowest BCUT2D eigenvalue weighted by Gasteiger charge is -2.05. The maximum absolute atomic E-state index is 12.9. The van der Waals surface area contributed by atoms with Crippen LogP contribution in [0.4, 0.5) is 4.39 Å². The number of nitrogens with one attached hydrogen (secondary N) is 1. The summed E-state index contributed by atoms with van der Waals surface area (Å²) >= 11 is 0. The third-order valence-electron chi connectivity index (χ3n) is 2.70. The molecule has 0 radical (unpaired) electrons. The van der Waals surface area contributed by atoms with Crippen LogP contribution in [0.3, 0.4) is 0 Å². The number of hydrogen-bond donors (Lipinski definition) is 1. The van der Waals surface area contributed by atoms with E-state index in [2.05, 4.69) is 15.2 Å². The SMILES string of the molecule is O=c1[nH]nc(-c2ccc(F)cc2)n1-c1ccncc1. The summed E-state index contributed by atoms with van der Waals surface area (Å²) in [6.07, 6.45) is 3.17. The zero-order valence-electron chi connectivity index (χ0n) is 9.75. The van der Waals surface area contributed by atoms with E-state index in [1.165, 1.54) is 16.7 Å². The van der Waals surface area contributed by atoms with Crippen molar-refractivity contribution >= 4 is 0 Å². The van der Waals surface area contributed by atoms with Crippen LogP contribution in [0.25, 0.3) is 17.1 Å². The first kappa shape index (κ1) is 11.3. The van der Waals surface area contributed by atoms with E-state index in [1.807, 2.05) is 0 Å². The fourth-order valence-corrected chi connectivity index (χ4v) is 1.82. The van der Waals surface area contributed by atoms with Crippen molar-refractivity contribution in [3.8, 4) is 17.1 Å². The van der Waals surface area contributed by atoms with Crippen LogP contribution < -0.4 is 5.69 Å². The van der Waals surface area contributed by atoms with Gasteiger partial charge in [0.05, 0.1) is 5.69 Å². The number of halogens is 1. The second-order valence-electron chi connectivity index (χ2n) is 3.90. The average Bonchev–Trinajstić information content (AvgIpc) is 2.82. The van der Waals surface area contributed by atoms with Crippen LogP contribution in [-0.2, 0) is 0 Å². The normalized spacial score (nSPS) is 10.6. The standard InChI is InChI=1S/C13H9FN4O/c14-10-3-1-9(2-4-10)12-16-17-13(19)18(12)11-5-7-15-8-6-11/h1-8H,(H,17,19). The van der Waals surface area contributed by atoms with Crippen molar-refractivity contribution in [1.82, 2.24) is 19.7 Å². The molecular weight excluding hydrogens is 247 g/mol. The summed E-state index contributed by atoms with van der Waals surface area (Å²) in [6, 6.07) is 9.19. The quantitative estimate of drug-likeness (QED) is 0.759. The summed E-state index contributed by atoms with van der Waals surface area (Å²) in [4.78, 5) is 15.7. The van der Waals surface area contributed by atoms with Gasteiger partial charge in [0.1, 0.15) is 5.82 Å². The Morgan fingerprint density at radius 2 is 1.74 bits per heavy atom. The van der Waals surface area contributed by atoms with E-state index in [9.17, 15) is 9.18 Å². The molecule has 5 nitrogen and oxygen atoms in total. The Labute approximate surface area is 107 Å². The summed E-state index contributed by atoms with van der Waals surface area (Å²) in [5, 5.41) is 6.37. The van der Waals surface area contributed by atoms with Gasteiger partial charge in [0.2, 0.25) is 0 Å². The summed E-state index contributed by atoms with van der Waals surface area (Å²) in [5.74, 6) is 0.0910. The Kier molecular flexibility index (Phi) is 2.68. The molecule has 19 heavy (non-hydrogen) atoms. The molecule has 0 unspecified atom stereocenters. The zero-order chi connectivity index (χ0) is 13.2. The van der Waals surface area contributed by atoms with E-state index < -0.39 is 0 Å². The third kappa shape index (κ3) is 2.03. The van der Waals surface area contributed by atoms with Crippen molar-refractivity contribution in [2.24, 2.45) is 0 Å². The van der Waals surface area contributed by atoms with E-state index in [1.54, 1.807) is 36.7 Å². The molecule has 0 saturated heterocycles. The molecule has 0 bridgehead atoms. The Hall–Kier alpha value is -2.76. The van der Waals surface area contributed by atoms with Crippen molar-refractivity contribution in [1.29, 1.82) is 0 Å². The first-order valence-corrected chi connectivity index (χ1v) is 5.59. The molecule has 0 aliphatic rings. The summed E-state index contributed by atoms with van der Waals surface area (Å²) < 4.78 is 14.3. The van der Waals surface area contributed by atoms with Gasteiger partial charge in [-0.1, -0.05) is 0 Å². The highest BCUT2D eigenvalue weighted by Crippen LogP contribution is 2.18. The van der Waals surface area contributed by atoms with Gasteiger partial charge in [-0.05, 0) is 36.4 Å². The lowest BCUT2D eigenvalue weighted by Crippen LogP contribution is -2.15. The van der Waals surface area contributed by atoms with E-state index in [4.69, 9.17) is 0 Å². The van der Waals surface area contributed by atoms with Crippen molar-refractivity contribution < 1.29 is 4.39 Å². The number of aromatic amines is 1. The first-order chi connectivity index (χ1) is 9.25. The molecule has 0 fully saturated rings.